The molecule has 2 N–H and O–H groups in total. The SMILES string of the molecule is Cc1ccc(C[NH2+]Cc2ccc(C(=O)[O-])cc2)o1. The van der Waals surface area contributed by atoms with Gasteiger partial charge in [-0.3, -0.25) is 0 Å². The van der Waals surface area contributed by atoms with Crippen LogP contribution >= 0.6 is 0 Å². The number of hydrogen-bond acceptors (Lipinski definition) is 3. The van der Waals surface area contributed by atoms with Gasteiger partial charge in [-0.1, -0.05) is 24.3 Å². The Bertz CT molecular complexity index is 528. The number of carbonyl (C=O) groups is 1. The maximum Gasteiger partial charge on any atom is 0.158 e. The Morgan fingerprint density at radius 2 is 1.89 bits per heavy atom. The zero-order valence-corrected chi connectivity index (χ0v) is 10.2. The topological polar surface area (TPSA) is 69.9 Å². The molecule has 0 aliphatic heterocycles. The Labute approximate surface area is 105 Å². The van der Waals surface area contributed by atoms with Crippen LogP contribution in [0, 0.1) is 6.92 Å². The van der Waals surface area contributed by atoms with Crippen LogP contribution in [0.1, 0.15) is 27.4 Å². The van der Waals surface area contributed by atoms with E-state index in [1.807, 2.05) is 19.1 Å². The zero-order chi connectivity index (χ0) is 13.0. The minimum absolute atomic E-state index is 0.209. The standard InChI is InChI=1S/C14H15NO3/c1-10-2-7-13(18-10)9-15-8-11-3-5-12(6-4-11)14(16)17/h2-7,15H,8-9H2,1H3,(H,16,17). The summed E-state index contributed by atoms with van der Waals surface area (Å²) in [6.45, 7) is 3.48. The normalized spacial score (nSPS) is 10.5. The first-order valence-electron chi connectivity index (χ1n) is 5.82. The van der Waals surface area contributed by atoms with Crippen LogP contribution in [-0.2, 0) is 13.1 Å². The van der Waals surface area contributed by atoms with Crippen LogP contribution in [0.4, 0.5) is 0 Å². The van der Waals surface area contributed by atoms with Crippen LogP contribution in [0.5, 0.6) is 0 Å². The molecule has 0 saturated carbocycles. The van der Waals surface area contributed by atoms with E-state index in [1.54, 1.807) is 24.3 Å². The highest BCUT2D eigenvalue weighted by molar-refractivity contribution is 5.85. The molecule has 1 aromatic heterocycles. The number of carbonyl (C=O) groups excluding carboxylic acids is 1. The lowest BCUT2D eigenvalue weighted by Crippen LogP contribution is -2.80. The second kappa shape index (κ2) is 5.51. The van der Waals surface area contributed by atoms with Crippen LogP contribution in [0.2, 0.25) is 0 Å². The van der Waals surface area contributed by atoms with Gasteiger partial charge in [-0.15, -0.1) is 0 Å². The summed E-state index contributed by atoms with van der Waals surface area (Å²) in [5.41, 5.74) is 1.28. The first-order chi connectivity index (χ1) is 8.65. The number of benzene rings is 1. The molecule has 2 rings (SSSR count). The molecule has 1 aromatic carbocycles. The summed E-state index contributed by atoms with van der Waals surface area (Å²) >= 11 is 0. The Morgan fingerprint density at radius 3 is 2.44 bits per heavy atom. The molecular weight excluding hydrogens is 230 g/mol. The Hall–Kier alpha value is -2.07. The van der Waals surface area contributed by atoms with Crippen molar-refractivity contribution >= 4 is 5.97 Å². The van der Waals surface area contributed by atoms with E-state index < -0.39 is 5.97 Å². The average molecular weight is 245 g/mol. The van der Waals surface area contributed by atoms with Gasteiger partial charge in [0.15, 0.2) is 5.76 Å². The van der Waals surface area contributed by atoms with Gasteiger partial charge in [0.05, 0.1) is 5.97 Å². The fourth-order valence-corrected chi connectivity index (χ4v) is 1.75. The summed E-state index contributed by atoms with van der Waals surface area (Å²) in [6, 6.07) is 10.6. The predicted molar refractivity (Wildman–Crippen MR) is 63.6 cm³/mol. The molecule has 0 unspecified atom stereocenters. The molecule has 0 aliphatic carbocycles. The van der Waals surface area contributed by atoms with Gasteiger partial charge in [-0.05, 0) is 24.6 Å². The van der Waals surface area contributed by atoms with E-state index in [-0.39, 0.29) is 5.56 Å². The first kappa shape index (κ1) is 12.4. The van der Waals surface area contributed by atoms with E-state index in [2.05, 4.69) is 5.32 Å². The van der Waals surface area contributed by atoms with Crippen molar-refractivity contribution in [1.29, 1.82) is 0 Å². The van der Waals surface area contributed by atoms with Gasteiger partial charge in [0.2, 0.25) is 0 Å². The van der Waals surface area contributed by atoms with Crippen LogP contribution in [0.15, 0.2) is 40.8 Å². The van der Waals surface area contributed by atoms with Crippen molar-refractivity contribution in [3.8, 4) is 0 Å². The highest BCUT2D eigenvalue weighted by Crippen LogP contribution is 2.04. The number of aromatic carboxylic acids is 1. The quantitative estimate of drug-likeness (QED) is 0.819. The highest BCUT2D eigenvalue weighted by Gasteiger charge is 2.01. The van der Waals surface area contributed by atoms with Crippen molar-refractivity contribution in [2.45, 2.75) is 20.0 Å². The Morgan fingerprint density at radius 1 is 1.17 bits per heavy atom. The lowest BCUT2D eigenvalue weighted by Gasteiger charge is -2.04. The Kier molecular flexibility index (Phi) is 3.79. The van der Waals surface area contributed by atoms with Crippen LogP contribution in [0.25, 0.3) is 0 Å². The number of quaternary nitrogens is 1. The fourth-order valence-electron chi connectivity index (χ4n) is 1.75. The molecular formula is C14H15NO3. The third-order valence-electron chi connectivity index (χ3n) is 2.71. The molecule has 94 valence electrons. The smallest absolute Gasteiger partial charge is 0.158 e. The van der Waals surface area contributed by atoms with E-state index in [0.717, 1.165) is 30.2 Å². The van der Waals surface area contributed by atoms with Crippen molar-refractivity contribution in [2.75, 3.05) is 0 Å². The van der Waals surface area contributed by atoms with Gasteiger partial charge < -0.3 is 19.6 Å². The molecule has 0 aliphatic rings. The lowest BCUT2D eigenvalue weighted by molar-refractivity contribution is -0.688. The van der Waals surface area contributed by atoms with Crippen molar-refractivity contribution in [1.82, 2.24) is 0 Å². The average Bonchev–Trinajstić information content (AvgIpc) is 2.76. The van der Waals surface area contributed by atoms with Gasteiger partial charge in [0.1, 0.15) is 18.8 Å². The number of carboxylic acids is 1. The summed E-state index contributed by atoms with van der Waals surface area (Å²) in [7, 11) is 0. The number of aryl methyl sites for hydroxylation is 1. The molecule has 0 radical (unpaired) electrons. The second-order valence-corrected chi connectivity index (χ2v) is 4.19. The van der Waals surface area contributed by atoms with Gasteiger partial charge in [0.25, 0.3) is 0 Å². The number of rotatable bonds is 5. The molecule has 0 saturated heterocycles. The molecule has 0 atom stereocenters. The summed E-state index contributed by atoms with van der Waals surface area (Å²) in [6.07, 6.45) is 0. The van der Waals surface area contributed by atoms with Crippen LogP contribution in [0.3, 0.4) is 0 Å². The Balaban J connectivity index is 1.85. The van der Waals surface area contributed by atoms with Crippen LogP contribution in [-0.4, -0.2) is 5.97 Å². The third-order valence-corrected chi connectivity index (χ3v) is 2.71. The van der Waals surface area contributed by atoms with Gasteiger partial charge >= 0.3 is 0 Å². The van der Waals surface area contributed by atoms with Gasteiger partial charge in [-0.2, -0.15) is 0 Å². The van der Waals surface area contributed by atoms with E-state index in [1.165, 1.54) is 0 Å². The minimum atomic E-state index is -1.14. The van der Waals surface area contributed by atoms with Gasteiger partial charge in [-0.25, -0.2) is 0 Å². The molecule has 18 heavy (non-hydrogen) atoms. The summed E-state index contributed by atoms with van der Waals surface area (Å²) in [5.74, 6) is 0.715. The maximum absolute atomic E-state index is 10.6. The number of nitrogens with two attached hydrogens (primary N) is 1. The maximum atomic E-state index is 10.6. The minimum Gasteiger partial charge on any atom is -0.545 e. The molecule has 0 spiro atoms. The monoisotopic (exact) mass is 245 g/mol. The number of furan rings is 1. The predicted octanol–water partition coefficient (Wildman–Crippen LogP) is 0.215. The summed E-state index contributed by atoms with van der Waals surface area (Å²) in [4.78, 5) is 10.6. The van der Waals surface area contributed by atoms with E-state index in [9.17, 15) is 9.90 Å². The molecule has 2 aromatic rings. The molecule has 0 fully saturated rings. The molecule has 4 nitrogen and oxygen atoms in total. The highest BCUT2D eigenvalue weighted by atomic mass is 16.4. The summed E-state index contributed by atoms with van der Waals surface area (Å²) in [5, 5.41) is 12.7. The molecule has 1 heterocycles. The summed E-state index contributed by atoms with van der Waals surface area (Å²) < 4.78 is 5.45. The van der Waals surface area contributed by atoms with E-state index >= 15 is 0 Å². The van der Waals surface area contributed by atoms with Crippen molar-refractivity contribution in [3.05, 3.63) is 59.0 Å². The van der Waals surface area contributed by atoms with E-state index in [0.29, 0.717) is 0 Å². The second-order valence-electron chi connectivity index (χ2n) is 4.19. The lowest BCUT2D eigenvalue weighted by atomic mass is 10.1. The zero-order valence-electron chi connectivity index (χ0n) is 10.2. The van der Waals surface area contributed by atoms with Gasteiger partial charge in [0, 0.05) is 5.56 Å². The van der Waals surface area contributed by atoms with E-state index in [4.69, 9.17) is 4.42 Å². The molecule has 4 heteroatoms. The number of hydrogen-bond donors (Lipinski definition) is 1. The van der Waals surface area contributed by atoms with Crippen molar-refractivity contribution in [2.24, 2.45) is 0 Å². The molecule has 0 bridgehead atoms. The largest absolute Gasteiger partial charge is 0.545 e. The third kappa shape index (κ3) is 3.21. The fraction of sp³-hybridized carbons (Fsp3) is 0.214. The van der Waals surface area contributed by atoms with Crippen LogP contribution < -0.4 is 10.4 Å². The number of carboxylic acid groups (broad SMARTS) is 1. The van der Waals surface area contributed by atoms with Crippen molar-refractivity contribution in [3.63, 3.8) is 0 Å². The molecule has 0 amide bonds. The first-order valence-corrected chi connectivity index (χ1v) is 5.82. The van der Waals surface area contributed by atoms with Crippen molar-refractivity contribution < 1.29 is 19.6 Å².